The molecule has 1 aliphatic heterocycles. The van der Waals surface area contributed by atoms with Crippen LogP contribution < -0.4 is 0 Å². The van der Waals surface area contributed by atoms with Crippen LogP contribution in [0.4, 0.5) is 4.79 Å². The molecule has 1 amide bonds. The van der Waals surface area contributed by atoms with Gasteiger partial charge in [0.15, 0.2) is 0 Å². The van der Waals surface area contributed by atoms with E-state index in [1.54, 1.807) is 0 Å². The summed E-state index contributed by atoms with van der Waals surface area (Å²) in [4.78, 5) is 13.8. The second-order valence-corrected chi connectivity index (χ2v) is 7.00. The molecule has 1 aliphatic rings. The van der Waals surface area contributed by atoms with Crippen LogP contribution in [0.3, 0.4) is 0 Å². The molecule has 0 aromatic carbocycles. The Morgan fingerprint density at radius 2 is 1.89 bits per heavy atom. The van der Waals surface area contributed by atoms with E-state index in [-0.39, 0.29) is 11.7 Å². The van der Waals surface area contributed by atoms with Gasteiger partial charge >= 0.3 is 6.09 Å². The first-order chi connectivity index (χ1) is 8.81. The van der Waals surface area contributed by atoms with Gasteiger partial charge in [0.2, 0.25) is 0 Å². The highest BCUT2D eigenvalue weighted by Crippen LogP contribution is 2.25. The number of piperidine rings is 1. The van der Waals surface area contributed by atoms with Crippen molar-refractivity contribution in [3.63, 3.8) is 0 Å². The van der Waals surface area contributed by atoms with Gasteiger partial charge in [0.05, 0.1) is 0 Å². The second kappa shape index (κ2) is 7.16. The molecule has 0 spiro atoms. The first kappa shape index (κ1) is 16.3. The molecule has 0 N–H and O–H groups in total. The van der Waals surface area contributed by atoms with E-state index in [1.807, 2.05) is 25.7 Å². The van der Waals surface area contributed by atoms with Gasteiger partial charge < -0.3 is 9.64 Å². The molecule has 0 aliphatic carbocycles. The predicted molar refractivity (Wildman–Crippen MR) is 79.2 cm³/mol. The minimum atomic E-state index is -0.384. The van der Waals surface area contributed by atoms with Crippen LogP contribution in [0.1, 0.15) is 66.7 Å². The fourth-order valence-electron chi connectivity index (χ4n) is 2.46. The van der Waals surface area contributed by atoms with Gasteiger partial charge in [-0.1, -0.05) is 33.1 Å². The molecule has 0 bridgehead atoms. The van der Waals surface area contributed by atoms with Crippen LogP contribution in [0, 0.1) is 11.8 Å². The quantitative estimate of drug-likeness (QED) is 0.754. The Balaban J connectivity index is 2.27. The molecular formula is C16H31NO2. The van der Waals surface area contributed by atoms with E-state index in [0.29, 0.717) is 0 Å². The summed E-state index contributed by atoms with van der Waals surface area (Å²) in [5, 5.41) is 0. The van der Waals surface area contributed by atoms with Gasteiger partial charge in [-0.05, 0) is 45.4 Å². The molecular weight excluding hydrogens is 238 g/mol. The van der Waals surface area contributed by atoms with Crippen molar-refractivity contribution in [2.75, 3.05) is 13.1 Å². The molecule has 0 radical (unpaired) electrons. The van der Waals surface area contributed by atoms with E-state index in [9.17, 15) is 4.79 Å². The smallest absolute Gasteiger partial charge is 0.410 e. The number of likely N-dealkylation sites (tertiary alicyclic amines) is 1. The Labute approximate surface area is 118 Å². The summed E-state index contributed by atoms with van der Waals surface area (Å²) in [5.41, 5.74) is -0.384. The molecule has 0 aromatic heterocycles. The number of carbonyl (C=O) groups excluding carboxylic acids is 1. The van der Waals surface area contributed by atoms with Crippen LogP contribution in [0.15, 0.2) is 0 Å². The molecule has 3 heteroatoms. The highest BCUT2D eigenvalue weighted by atomic mass is 16.6. The predicted octanol–water partition coefficient (Wildman–Crippen LogP) is 4.46. The topological polar surface area (TPSA) is 29.5 Å². The molecule has 1 atom stereocenters. The monoisotopic (exact) mass is 269 g/mol. The van der Waals surface area contributed by atoms with Crippen molar-refractivity contribution in [1.82, 2.24) is 4.90 Å². The molecule has 112 valence electrons. The van der Waals surface area contributed by atoms with Crippen LogP contribution in [-0.4, -0.2) is 29.7 Å². The minimum absolute atomic E-state index is 0.145. The van der Waals surface area contributed by atoms with Gasteiger partial charge in [-0.15, -0.1) is 0 Å². The Morgan fingerprint density at radius 1 is 1.32 bits per heavy atom. The number of nitrogens with zero attached hydrogens (tertiary/aromatic N) is 1. The summed E-state index contributed by atoms with van der Waals surface area (Å²) in [6, 6.07) is 0. The SMILES string of the molecule is CCC(C)CCC1CCN(C(=O)OC(C)(C)C)CC1. The van der Waals surface area contributed by atoms with E-state index in [1.165, 1.54) is 19.3 Å². The number of hydrogen-bond acceptors (Lipinski definition) is 2. The lowest BCUT2D eigenvalue weighted by Crippen LogP contribution is -2.41. The molecule has 1 fully saturated rings. The van der Waals surface area contributed by atoms with Crippen LogP contribution in [0.2, 0.25) is 0 Å². The van der Waals surface area contributed by atoms with Crippen molar-refractivity contribution < 1.29 is 9.53 Å². The summed E-state index contributed by atoms with van der Waals surface area (Å²) in [6.07, 6.45) is 6.04. The van der Waals surface area contributed by atoms with Gasteiger partial charge in [-0.2, -0.15) is 0 Å². The molecule has 19 heavy (non-hydrogen) atoms. The molecule has 3 nitrogen and oxygen atoms in total. The number of ether oxygens (including phenoxy) is 1. The summed E-state index contributed by atoms with van der Waals surface area (Å²) >= 11 is 0. The van der Waals surface area contributed by atoms with Crippen molar-refractivity contribution >= 4 is 6.09 Å². The van der Waals surface area contributed by atoms with Gasteiger partial charge in [0.1, 0.15) is 5.60 Å². The molecule has 1 heterocycles. The maximum atomic E-state index is 11.9. The summed E-state index contributed by atoms with van der Waals surface area (Å²) in [7, 11) is 0. The highest BCUT2D eigenvalue weighted by Gasteiger charge is 2.26. The Hall–Kier alpha value is -0.730. The minimum Gasteiger partial charge on any atom is -0.444 e. The third-order valence-corrected chi connectivity index (χ3v) is 4.03. The molecule has 0 aromatic rings. The molecule has 1 rings (SSSR count). The first-order valence-electron chi connectivity index (χ1n) is 7.79. The highest BCUT2D eigenvalue weighted by molar-refractivity contribution is 5.68. The largest absolute Gasteiger partial charge is 0.444 e. The van der Waals surface area contributed by atoms with E-state index in [0.717, 1.165) is 37.8 Å². The molecule has 1 unspecified atom stereocenters. The van der Waals surface area contributed by atoms with Crippen LogP contribution in [-0.2, 0) is 4.74 Å². The lowest BCUT2D eigenvalue weighted by Gasteiger charge is -2.33. The van der Waals surface area contributed by atoms with E-state index in [2.05, 4.69) is 13.8 Å². The molecule has 1 saturated heterocycles. The standard InChI is InChI=1S/C16H31NO2/c1-6-13(2)7-8-14-9-11-17(12-10-14)15(18)19-16(3,4)5/h13-14H,6-12H2,1-5H3. The number of hydrogen-bond donors (Lipinski definition) is 0. The van der Waals surface area contributed by atoms with Crippen LogP contribution in [0.5, 0.6) is 0 Å². The summed E-state index contributed by atoms with van der Waals surface area (Å²) < 4.78 is 5.42. The van der Waals surface area contributed by atoms with Crippen LogP contribution in [0.25, 0.3) is 0 Å². The lowest BCUT2D eigenvalue weighted by atomic mass is 9.89. The number of rotatable bonds is 4. The number of amides is 1. The van der Waals surface area contributed by atoms with Crippen molar-refractivity contribution in [2.45, 2.75) is 72.3 Å². The average Bonchev–Trinajstić information content (AvgIpc) is 2.34. The zero-order valence-electron chi connectivity index (χ0n) is 13.4. The van der Waals surface area contributed by atoms with Crippen LogP contribution >= 0.6 is 0 Å². The summed E-state index contributed by atoms with van der Waals surface area (Å²) in [6.45, 7) is 12.1. The first-order valence-corrected chi connectivity index (χ1v) is 7.79. The van der Waals surface area contributed by atoms with E-state index >= 15 is 0 Å². The fraction of sp³-hybridized carbons (Fsp3) is 0.938. The Morgan fingerprint density at radius 3 is 2.37 bits per heavy atom. The van der Waals surface area contributed by atoms with Crippen molar-refractivity contribution in [2.24, 2.45) is 11.8 Å². The molecule has 0 saturated carbocycles. The third-order valence-electron chi connectivity index (χ3n) is 4.03. The zero-order chi connectivity index (χ0) is 14.5. The number of carbonyl (C=O) groups is 1. The third kappa shape index (κ3) is 6.31. The zero-order valence-corrected chi connectivity index (χ0v) is 13.4. The van der Waals surface area contributed by atoms with Crippen molar-refractivity contribution in [3.05, 3.63) is 0 Å². The van der Waals surface area contributed by atoms with E-state index in [4.69, 9.17) is 4.74 Å². The maximum Gasteiger partial charge on any atom is 0.410 e. The normalized spacial score (nSPS) is 19.3. The van der Waals surface area contributed by atoms with Gasteiger partial charge in [0, 0.05) is 13.1 Å². The van der Waals surface area contributed by atoms with Gasteiger partial charge in [-0.25, -0.2) is 4.79 Å². The van der Waals surface area contributed by atoms with Gasteiger partial charge in [0.25, 0.3) is 0 Å². The Bertz CT molecular complexity index is 275. The van der Waals surface area contributed by atoms with Crippen molar-refractivity contribution in [3.8, 4) is 0 Å². The Kier molecular flexibility index (Phi) is 6.15. The van der Waals surface area contributed by atoms with Crippen molar-refractivity contribution in [1.29, 1.82) is 0 Å². The average molecular weight is 269 g/mol. The fourth-order valence-corrected chi connectivity index (χ4v) is 2.46. The lowest BCUT2D eigenvalue weighted by molar-refractivity contribution is 0.0179. The van der Waals surface area contributed by atoms with E-state index < -0.39 is 0 Å². The maximum absolute atomic E-state index is 11.9. The summed E-state index contributed by atoms with van der Waals surface area (Å²) in [5.74, 6) is 1.64. The second-order valence-electron chi connectivity index (χ2n) is 7.00. The van der Waals surface area contributed by atoms with Gasteiger partial charge in [-0.3, -0.25) is 0 Å².